The summed E-state index contributed by atoms with van der Waals surface area (Å²) in [5, 5.41) is 3.36. The second-order valence-corrected chi connectivity index (χ2v) is 7.78. The van der Waals surface area contributed by atoms with Gasteiger partial charge in [-0.3, -0.25) is 0 Å². The fourth-order valence-corrected chi connectivity index (χ4v) is 5.49. The molecule has 1 heterocycles. The van der Waals surface area contributed by atoms with Crippen LogP contribution in [0.15, 0.2) is 23.1 Å². The van der Waals surface area contributed by atoms with Crippen LogP contribution in [0, 0.1) is 12.3 Å². The predicted octanol–water partition coefficient (Wildman–Crippen LogP) is 2.75. The fourth-order valence-electron chi connectivity index (χ4n) is 3.29. The van der Waals surface area contributed by atoms with Crippen molar-refractivity contribution in [1.82, 2.24) is 0 Å². The Hall–Kier alpha value is -1.03. The third-order valence-corrected chi connectivity index (χ3v) is 6.29. The molecule has 1 spiro atoms. The van der Waals surface area contributed by atoms with Crippen LogP contribution in [0.25, 0.3) is 0 Å². The van der Waals surface area contributed by atoms with E-state index in [-0.39, 0.29) is 5.41 Å². The molecule has 1 aromatic rings. The molecular formula is C14H19NO2S. The molecule has 1 fully saturated rings. The molecule has 0 saturated heterocycles. The summed E-state index contributed by atoms with van der Waals surface area (Å²) in [6.45, 7) is 2.73. The minimum atomic E-state index is -3.16. The highest BCUT2D eigenvalue weighted by Gasteiger charge is 2.41. The SMILES string of the molecule is Cc1ccc2c(c1)S(=O)(=O)CC1(CCCC1)CN2. The molecule has 1 N–H and O–H groups in total. The van der Waals surface area contributed by atoms with Gasteiger partial charge < -0.3 is 5.32 Å². The summed E-state index contributed by atoms with van der Waals surface area (Å²) >= 11 is 0. The summed E-state index contributed by atoms with van der Waals surface area (Å²) in [5.74, 6) is 0.309. The second kappa shape index (κ2) is 3.98. The first-order valence-corrected chi connectivity index (χ1v) is 8.23. The molecule has 98 valence electrons. The molecule has 0 radical (unpaired) electrons. The number of hydrogen-bond acceptors (Lipinski definition) is 3. The molecule has 1 aliphatic heterocycles. The van der Waals surface area contributed by atoms with Crippen LogP contribution in [0.2, 0.25) is 0 Å². The molecule has 1 aromatic carbocycles. The van der Waals surface area contributed by atoms with Crippen LogP contribution in [-0.2, 0) is 9.84 Å². The van der Waals surface area contributed by atoms with E-state index in [1.165, 1.54) is 0 Å². The van der Waals surface area contributed by atoms with Crippen LogP contribution in [0.3, 0.4) is 0 Å². The summed E-state index contributed by atoms with van der Waals surface area (Å²) in [4.78, 5) is 0.492. The van der Waals surface area contributed by atoms with Crippen LogP contribution in [0.1, 0.15) is 31.2 Å². The fraction of sp³-hybridized carbons (Fsp3) is 0.571. The maximum atomic E-state index is 12.6. The van der Waals surface area contributed by atoms with E-state index in [9.17, 15) is 8.42 Å². The van der Waals surface area contributed by atoms with E-state index < -0.39 is 9.84 Å². The van der Waals surface area contributed by atoms with Gasteiger partial charge in [-0.2, -0.15) is 0 Å². The Morgan fingerprint density at radius 1 is 1.22 bits per heavy atom. The van der Waals surface area contributed by atoms with E-state index in [0.29, 0.717) is 10.6 Å². The maximum Gasteiger partial charge on any atom is 0.181 e. The van der Waals surface area contributed by atoms with Gasteiger partial charge in [0.15, 0.2) is 9.84 Å². The molecule has 0 aromatic heterocycles. The maximum absolute atomic E-state index is 12.6. The van der Waals surface area contributed by atoms with Crippen LogP contribution in [0.5, 0.6) is 0 Å². The first kappa shape index (κ1) is 12.0. The summed E-state index contributed by atoms with van der Waals surface area (Å²) in [6.07, 6.45) is 4.39. The first-order chi connectivity index (χ1) is 8.51. The summed E-state index contributed by atoms with van der Waals surface area (Å²) in [5.41, 5.74) is 1.75. The highest BCUT2D eigenvalue weighted by atomic mass is 32.2. The minimum Gasteiger partial charge on any atom is -0.383 e. The van der Waals surface area contributed by atoms with Crippen LogP contribution in [-0.4, -0.2) is 20.7 Å². The Balaban J connectivity index is 2.08. The number of hydrogen-bond donors (Lipinski definition) is 1. The number of benzene rings is 1. The van der Waals surface area contributed by atoms with Crippen molar-refractivity contribution in [2.45, 2.75) is 37.5 Å². The van der Waals surface area contributed by atoms with Crippen molar-refractivity contribution in [2.24, 2.45) is 5.41 Å². The van der Waals surface area contributed by atoms with Crippen LogP contribution >= 0.6 is 0 Å². The molecule has 18 heavy (non-hydrogen) atoms. The Morgan fingerprint density at radius 2 is 1.94 bits per heavy atom. The lowest BCUT2D eigenvalue weighted by Gasteiger charge is -2.26. The second-order valence-electron chi connectivity index (χ2n) is 5.82. The molecule has 3 nitrogen and oxygen atoms in total. The minimum absolute atomic E-state index is 0.0360. The highest BCUT2D eigenvalue weighted by molar-refractivity contribution is 7.91. The third kappa shape index (κ3) is 1.92. The van der Waals surface area contributed by atoms with Gasteiger partial charge in [-0.1, -0.05) is 18.9 Å². The first-order valence-electron chi connectivity index (χ1n) is 6.58. The molecule has 1 saturated carbocycles. The highest BCUT2D eigenvalue weighted by Crippen LogP contribution is 2.43. The lowest BCUT2D eigenvalue weighted by molar-refractivity contribution is 0.365. The zero-order valence-corrected chi connectivity index (χ0v) is 11.5. The molecule has 1 aliphatic carbocycles. The van der Waals surface area contributed by atoms with E-state index in [0.717, 1.165) is 43.5 Å². The molecule has 0 atom stereocenters. The lowest BCUT2D eigenvalue weighted by Crippen LogP contribution is -2.31. The van der Waals surface area contributed by atoms with E-state index in [1.807, 2.05) is 19.1 Å². The largest absolute Gasteiger partial charge is 0.383 e. The Morgan fingerprint density at radius 3 is 2.67 bits per heavy atom. The number of rotatable bonds is 0. The summed E-state index contributed by atoms with van der Waals surface area (Å²) in [7, 11) is -3.16. The molecule has 3 rings (SSSR count). The van der Waals surface area contributed by atoms with Gasteiger partial charge in [-0.25, -0.2) is 8.42 Å². The van der Waals surface area contributed by atoms with Crippen molar-refractivity contribution < 1.29 is 8.42 Å². The Kier molecular flexibility index (Phi) is 2.66. The smallest absolute Gasteiger partial charge is 0.181 e. The lowest BCUT2D eigenvalue weighted by atomic mass is 9.88. The van der Waals surface area contributed by atoms with Crippen molar-refractivity contribution >= 4 is 15.5 Å². The van der Waals surface area contributed by atoms with Gasteiger partial charge in [0.1, 0.15) is 0 Å². The molecule has 0 unspecified atom stereocenters. The van der Waals surface area contributed by atoms with Gasteiger partial charge in [-0.15, -0.1) is 0 Å². The van der Waals surface area contributed by atoms with E-state index in [4.69, 9.17) is 0 Å². The zero-order valence-electron chi connectivity index (χ0n) is 10.7. The van der Waals surface area contributed by atoms with Gasteiger partial charge in [-0.05, 0) is 37.5 Å². The van der Waals surface area contributed by atoms with Crippen molar-refractivity contribution in [3.63, 3.8) is 0 Å². The number of fused-ring (bicyclic) bond motifs is 1. The van der Waals surface area contributed by atoms with Crippen molar-refractivity contribution in [2.75, 3.05) is 17.6 Å². The van der Waals surface area contributed by atoms with E-state index in [1.54, 1.807) is 6.07 Å². The average molecular weight is 265 g/mol. The quantitative estimate of drug-likeness (QED) is 0.784. The standard InChI is InChI=1S/C14H19NO2S/c1-11-4-5-12-13(8-11)18(16,17)10-14(9-15-12)6-2-3-7-14/h4-5,8,15H,2-3,6-7,9-10H2,1H3. The number of nitrogens with one attached hydrogen (secondary N) is 1. The van der Waals surface area contributed by atoms with Gasteiger partial charge >= 0.3 is 0 Å². The van der Waals surface area contributed by atoms with Gasteiger partial charge in [0, 0.05) is 12.0 Å². The van der Waals surface area contributed by atoms with Crippen molar-refractivity contribution in [3.05, 3.63) is 23.8 Å². The zero-order chi connectivity index (χ0) is 12.8. The number of sulfone groups is 1. The average Bonchev–Trinajstić information content (AvgIpc) is 2.71. The third-order valence-electron chi connectivity index (χ3n) is 4.29. The number of aryl methyl sites for hydroxylation is 1. The van der Waals surface area contributed by atoms with E-state index >= 15 is 0 Å². The summed E-state index contributed by atoms with van der Waals surface area (Å²) in [6, 6.07) is 5.66. The van der Waals surface area contributed by atoms with Gasteiger partial charge in [0.25, 0.3) is 0 Å². The monoisotopic (exact) mass is 265 g/mol. The van der Waals surface area contributed by atoms with Crippen molar-refractivity contribution in [3.8, 4) is 0 Å². The van der Waals surface area contributed by atoms with Crippen molar-refractivity contribution in [1.29, 1.82) is 0 Å². The Labute approximate surface area is 109 Å². The predicted molar refractivity (Wildman–Crippen MR) is 72.6 cm³/mol. The number of anilines is 1. The topological polar surface area (TPSA) is 46.2 Å². The summed E-state index contributed by atoms with van der Waals surface area (Å²) < 4.78 is 25.1. The van der Waals surface area contributed by atoms with Gasteiger partial charge in [0.05, 0.1) is 16.3 Å². The van der Waals surface area contributed by atoms with Gasteiger partial charge in [0.2, 0.25) is 0 Å². The molecule has 0 amide bonds. The molecule has 2 aliphatic rings. The Bertz CT molecular complexity index is 571. The normalized spacial score (nSPS) is 24.3. The van der Waals surface area contributed by atoms with Crippen LogP contribution in [0.4, 0.5) is 5.69 Å². The molecular weight excluding hydrogens is 246 g/mol. The molecule has 0 bridgehead atoms. The van der Waals surface area contributed by atoms with Crippen LogP contribution < -0.4 is 5.32 Å². The molecule has 4 heteroatoms. The van der Waals surface area contributed by atoms with E-state index in [2.05, 4.69) is 5.32 Å².